The Morgan fingerprint density at radius 3 is 2.50 bits per heavy atom. The molecule has 1 N–H and O–H groups in total. The summed E-state index contributed by atoms with van der Waals surface area (Å²) >= 11 is 0. The monoisotopic (exact) mass is 265 g/mol. The van der Waals surface area contributed by atoms with E-state index in [1.807, 2.05) is 6.92 Å². The molecule has 0 radical (unpaired) electrons. The first kappa shape index (κ1) is 14.9. The molecule has 0 heterocycles. The molecule has 2 nitrogen and oxygen atoms in total. The van der Waals surface area contributed by atoms with Crippen molar-refractivity contribution in [3.8, 4) is 0 Å². The van der Waals surface area contributed by atoms with Crippen molar-refractivity contribution in [3.63, 3.8) is 0 Å². The Morgan fingerprint density at radius 2 is 1.94 bits per heavy atom. The summed E-state index contributed by atoms with van der Waals surface area (Å²) < 4.78 is 55.4. The van der Waals surface area contributed by atoms with Gasteiger partial charge in [-0.05, 0) is 30.7 Å². The van der Waals surface area contributed by atoms with Gasteiger partial charge in [-0.15, -0.1) is 0 Å². The molecule has 0 spiro atoms. The standard InChI is InChI=1S/C12H15F4NO/c1-8(18-2)6-17-7-9-3-10(12(14,15)16)5-11(13)4-9/h3-5,8,17H,6-7H2,1-2H3. The van der Waals surface area contributed by atoms with Crippen LogP contribution in [0.25, 0.3) is 0 Å². The highest BCUT2D eigenvalue weighted by Gasteiger charge is 2.31. The second-order valence-electron chi connectivity index (χ2n) is 4.02. The van der Waals surface area contributed by atoms with Crippen LogP contribution in [0.5, 0.6) is 0 Å². The van der Waals surface area contributed by atoms with Crippen molar-refractivity contribution in [3.05, 3.63) is 35.1 Å². The highest BCUT2D eigenvalue weighted by atomic mass is 19.4. The molecule has 1 atom stereocenters. The van der Waals surface area contributed by atoms with Crippen LogP contribution in [0, 0.1) is 5.82 Å². The van der Waals surface area contributed by atoms with Gasteiger partial charge in [-0.25, -0.2) is 4.39 Å². The van der Waals surface area contributed by atoms with Crippen LogP contribution in [0.3, 0.4) is 0 Å². The third-order valence-corrected chi connectivity index (χ3v) is 2.45. The van der Waals surface area contributed by atoms with Gasteiger partial charge < -0.3 is 10.1 Å². The van der Waals surface area contributed by atoms with E-state index in [0.29, 0.717) is 12.6 Å². The van der Waals surface area contributed by atoms with E-state index in [4.69, 9.17) is 4.74 Å². The van der Waals surface area contributed by atoms with Gasteiger partial charge in [0.05, 0.1) is 11.7 Å². The maximum absolute atomic E-state index is 13.1. The number of methoxy groups -OCH3 is 1. The lowest BCUT2D eigenvalue weighted by Gasteiger charge is -2.12. The first-order valence-corrected chi connectivity index (χ1v) is 5.43. The van der Waals surface area contributed by atoms with Crippen molar-refractivity contribution >= 4 is 0 Å². The minimum absolute atomic E-state index is 0.0550. The Kier molecular flexibility index (Phi) is 5.10. The summed E-state index contributed by atoms with van der Waals surface area (Å²) in [6.07, 6.45) is -4.59. The first-order valence-electron chi connectivity index (χ1n) is 5.43. The number of ether oxygens (including phenoxy) is 1. The van der Waals surface area contributed by atoms with E-state index < -0.39 is 17.6 Å². The van der Waals surface area contributed by atoms with Crippen molar-refractivity contribution in [2.45, 2.75) is 25.7 Å². The van der Waals surface area contributed by atoms with E-state index in [1.165, 1.54) is 7.11 Å². The molecule has 1 rings (SSSR count). The molecule has 0 saturated carbocycles. The molecule has 1 aromatic rings. The largest absolute Gasteiger partial charge is 0.416 e. The van der Waals surface area contributed by atoms with Crippen LogP contribution >= 0.6 is 0 Å². The molecule has 0 saturated heterocycles. The summed E-state index contributed by atoms with van der Waals surface area (Å²) in [5, 5.41) is 2.90. The SMILES string of the molecule is COC(C)CNCc1cc(F)cc(C(F)(F)F)c1. The lowest BCUT2D eigenvalue weighted by molar-refractivity contribution is -0.137. The summed E-state index contributed by atoms with van der Waals surface area (Å²) in [6, 6.07) is 2.51. The van der Waals surface area contributed by atoms with Crippen LogP contribution in [0.4, 0.5) is 17.6 Å². The molecule has 102 valence electrons. The average Bonchev–Trinajstić information content (AvgIpc) is 2.27. The first-order chi connectivity index (χ1) is 8.32. The molecular formula is C12H15F4NO. The maximum Gasteiger partial charge on any atom is 0.416 e. The van der Waals surface area contributed by atoms with Crippen molar-refractivity contribution < 1.29 is 22.3 Å². The molecule has 1 unspecified atom stereocenters. The van der Waals surface area contributed by atoms with Gasteiger partial charge in [-0.2, -0.15) is 13.2 Å². The third-order valence-electron chi connectivity index (χ3n) is 2.45. The van der Waals surface area contributed by atoms with Crippen LogP contribution in [-0.4, -0.2) is 19.8 Å². The van der Waals surface area contributed by atoms with Crippen molar-refractivity contribution in [1.82, 2.24) is 5.32 Å². The van der Waals surface area contributed by atoms with Crippen LogP contribution in [0.2, 0.25) is 0 Å². The highest BCUT2D eigenvalue weighted by molar-refractivity contribution is 5.26. The summed E-state index contributed by atoms with van der Waals surface area (Å²) in [4.78, 5) is 0. The lowest BCUT2D eigenvalue weighted by atomic mass is 10.1. The topological polar surface area (TPSA) is 21.3 Å². The molecule has 0 aliphatic carbocycles. The molecule has 18 heavy (non-hydrogen) atoms. The van der Waals surface area contributed by atoms with E-state index in [-0.39, 0.29) is 18.2 Å². The smallest absolute Gasteiger partial charge is 0.380 e. The third kappa shape index (κ3) is 4.62. The minimum Gasteiger partial charge on any atom is -0.380 e. The predicted octanol–water partition coefficient (Wildman–Crippen LogP) is 2.97. The zero-order chi connectivity index (χ0) is 13.8. The minimum atomic E-state index is -4.53. The summed E-state index contributed by atoms with van der Waals surface area (Å²) in [6.45, 7) is 2.46. The highest BCUT2D eigenvalue weighted by Crippen LogP contribution is 2.30. The number of rotatable bonds is 5. The average molecular weight is 265 g/mol. The molecule has 6 heteroatoms. The van der Waals surface area contributed by atoms with Crippen LogP contribution < -0.4 is 5.32 Å². The Bertz CT molecular complexity index is 392. The summed E-state index contributed by atoms with van der Waals surface area (Å²) in [5.41, 5.74) is -0.718. The van der Waals surface area contributed by atoms with Crippen LogP contribution in [-0.2, 0) is 17.5 Å². The number of benzene rings is 1. The number of alkyl halides is 3. The van der Waals surface area contributed by atoms with Crippen LogP contribution in [0.15, 0.2) is 18.2 Å². The normalized spacial score (nSPS) is 13.7. The van der Waals surface area contributed by atoms with Gasteiger partial charge in [0.1, 0.15) is 5.82 Å². The van der Waals surface area contributed by atoms with Gasteiger partial charge in [0.25, 0.3) is 0 Å². The molecule has 0 aliphatic rings. The van der Waals surface area contributed by atoms with Crippen molar-refractivity contribution in [1.29, 1.82) is 0 Å². The van der Waals surface area contributed by atoms with Crippen molar-refractivity contribution in [2.75, 3.05) is 13.7 Å². The zero-order valence-corrected chi connectivity index (χ0v) is 10.1. The number of halogens is 4. The van der Waals surface area contributed by atoms with E-state index >= 15 is 0 Å². The van der Waals surface area contributed by atoms with Gasteiger partial charge in [0.15, 0.2) is 0 Å². The molecule has 0 fully saturated rings. The number of hydrogen-bond acceptors (Lipinski definition) is 2. The fourth-order valence-electron chi connectivity index (χ4n) is 1.42. The van der Waals surface area contributed by atoms with E-state index in [1.54, 1.807) is 0 Å². The molecule has 0 aromatic heterocycles. The van der Waals surface area contributed by atoms with E-state index in [2.05, 4.69) is 5.32 Å². The molecule has 0 bridgehead atoms. The van der Waals surface area contributed by atoms with E-state index in [0.717, 1.165) is 12.1 Å². The molecule has 0 amide bonds. The van der Waals surface area contributed by atoms with Gasteiger partial charge in [-0.3, -0.25) is 0 Å². The van der Waals surface area contributed by atoms with Gasteiger partial charge >= 0.3 is 6.18 Å². The fourth-order valence-corrected chi connectivity index (χ4v) is 1.42. The quantitative estimate of drug-likeness (QED) is 0.826. The van der Waals surface area contributed by atoms with Gasteiger partial charge in [-0.1, -0.05) is 0 Å². The van der Waals surface area contributed by atoms with Crippen molar-refractivity contribution in [2.24, 2.45) is 0 Å². The summed E-state index contributed by atoms with van der Waals surface area (Å²) in [7, 11) is 1.54. The lowest BCUT2D eigenvalue weighted by Crippen LogP contribution is -2.25. The Labute approximate surface area is 103 Å². The van der Waals surface area contributed by atoms with Gasteiger partial charge in [0.2, 0.25) is 0 Å². The number of hydrogen-bond donors (Lipinski definition) is 1. The Morgan fingerprint density at radius 1 is 1.28 bits per heavy atom. The molecule has 1 aromatic carbocycles. The van der Waals surface area contributed by atoms with Gasteiger partial charge in [0, 0.05) is 20.2 Å². The maximum atomic E-state index is 13.1. The fraction of sp³-hybridized carbons (Fsp3) is 0.500. The summed E-state index contributed by atoms with van der Waals surface area (Å²) in [5.74, 6) is -0.888. The molecular weight excluding hydrogens is 250 g/mol. The zero-order valence-electron chi connectivity index (χ0n) is 10.1. The Hall–Kier alpha value is -1.14. The second kappa shape index (κ2) is 6.15. The Balaban J connectivity index is 2.69. The predicted molar refractivity (Wildman–Crippen MR) is 59.6 cm³/mol. The van der Waals surface area contributed by atoms with Crippen LogP contribution in [0.1, 0.15) is 18.1 Å². The van der Waals surface area contributed by atoms with E-state index in [9.17, 15) is 17.6 Å². The second-order valence-corrected chi connectivity index (χ2v) is 4.02. The molecule has 0 aliphatic heterocycles. The number of nitrogens with one attached hydrogen (secondary N) is 1.